The van der Waals surface area contributed by atoms with E-state index in [1.165, 1.54) is 28.3 Å². The second-order valence-electron chi connectivity index (χ2n) is 5.30. The van der Waals surface area contributed by atoms with Crippen molar-refractivity contribution >= 4 is 28.6 Å². The first-order valence-corrected chi connectivity index (χ1v) is 9.14. The Balaban J connectivity index is 1.52. The minimum atomic E-state index is -0.735. The van der Waals surface area contributed by atoms with Crippen LogP contribution in [0.25, 0.3) is 9.75 Å². The van der Waals surface area contributed by atoms with E-state index in [9.17, 15) is 14.3 Å². The fourth-order valence-corrected chi connectivity index (χ4v) is 4.07. The van der Waals surface area contributed by atoms with Crippen molar-refractivity contribution in [3.8, 4) is 9.75 Å². The van der Waals surface area contributed by atoms with Gasteiger partial charge in [-0.2, -0.15) is 0 Å². The average molecular weight is 361 g/mol. The molecule has 1 aromatic carbocycles. The van der Waals surface area contributed by atoms with Gasteiger partial charge in [0, 0.05) is 21.2 Å². The first-order valence-electron chi connectivity index (χ1n) is 7.44. The number of rotatable bonds is 6. The average Bonchev–Trinajstić information content (AvgIpc) is 3.25. The van der Waals surface area contributed by atoms with Crippen molar-refractivity contribution in [1.29, 1.82) is 0 Å². The second-order valence-corrected chi connectivity index (χ2v) is 7.37. The van der Waals surface area contributed by atoms with Crippen molar-refractivity contribution in [2.75, 3.05) is 6.54 Å². The molecule has 1 amide bonds. The zero-order valence-electron chi connectivity index (χ0n) is 12.7. The Morgan fingerprint density at radius 3 is 2.62 bits per heavy atom. The Hall–Kier alpha value is -2.02. The van der Waals surface area contributed by atoms with Crippen LogP contribution in [-0.4, -0.2) is 17.6 Å². The van der Waals surface area contributed by atoms with Gasteiger partial charge < -0.3 is 10.4 Å². The van der Waals surface area contributed by atoms with Crippen LogP contribution in [0.5, 0.6) is 0 Å². The summed E-state index contributed by atoms with van der Waals surface area (Å²) in [6, 6.07) is 13.7. The van der Waals surface area contributed by atoms with E-state index >= 15 is 0 Å². The number of hydrogen-bond acceptors (Lipinski definition) is 4. The molecule has 0 spiro atoms. The van der Waals surface area contributed by atoms with Crippen molar-refractivity contribution in [1.82, 2.24) is 5.32 Å². The fourth-order valence-electron chi connectivity index (χ4n) is 2.24. The minimum absolute atomic E-state index is 0.157. The van der Waals surface area contributed by atoms with Crippen LogP contribution in [0.1, 0.15) is 16.5 Å². The van der Waals surface area contributed by atoms with Crippen molar-refractivity contribution in [3.63, 3.8) is 0 Å². The molecule has 24 heavy (non-hydrogen) atoms. The summed E-state index contributed by atoms with van der Waals surface area (Å²) in [4.78, 5) is 15.0. The molecule has 3 rings (SSSR count). The smallest absolute Gasteiger partial charge is 0.224 e. The summed E-state index contributed by atoms with van der Waals surface area (Å²) in [7, 11) is 0. The standard InChI is InChI=1S/C18H16FNO2S2/c19-13-5-3-12(4-6-13)10-18(22)20-11-14(21)15-7-8-17(24-15)16-2-1-9-23-16/h1-9,14,21H,10-11H2,(H,20,22). The highest BCUT2D eigenvalue weighted by Crippen LogP contribution is 2.33. The molecule has 0 bridgehead atoms. The number of nitrogens with one attached hydrogen (secondary N) is 1. The van der Waals surface area contributed by atoms with Gasteiger partial charge in [0.2, 0.25) is 5.91 Å². The van der Waals surface area contributed by atoms with E-state index in [1.807, 2.05) is 29.6 Å². The summed E-state index contributed by atoms with van der Waals surface area (Å²) in [5.74, 6) is -0.524. The lowest BCUT2D eigenvalue weighted by Gasteiger charge is -2.10. The second kappa shape index (κ2) is 7.70. The van der Waals surface area contributed by atoms with Gasteiger partial charge in [0.15, 0.2) is 0 Å². The van der Waals surface area contributed by atoms with E-state index in [2.05, 4.69) is 5.32 Å². The first kappa shape index (κ1) is 16.8. The van der Waals surface area contributed by atoms with Crippen molar-refractivity contribution < 1.29 is 14.3 Å². The normalized spacial score (nSPS) is 12.1. The molecule has 3 nitrogen and oxygen atoms in total. The maximum atomic E-state index is 12.8. The van der Waals surface area contributed by atoms with E-state index in [1.54, 1.807) is 23.5 Å². The van der Waals surface area contributed by atoms with Gasteiger partial charge in [0.25, 0.3) is 0 Å². The predicted octanol–water partition coefficient (Wildman–Crippen LogP) is 4.01. The number of carbonyl (C=O) groups excluding carboxylic acids is 1. The van der Waals surface area contributed by atoms with Crippen molar-refractivity contribution in [2.24, 2.45) is 0 Å². The molecular weight excluding hydrogens is 345 g/mol. The summed E-state index contributed by atoms with van der Waals surface area (Å²) in [6.07, 6.45) is -0.571. The quantitative estimate of drug-likeness (QED) is 0.697. The molecule has 0 radical (unpaired) electrons. The largest absolute Gasteiger partial charge is 0.386 e. The Morgan fingerprint density at radius 2 is 1.92 bits per heavy atom. The Bertz CT molecular complexity index is 797. The Kier molecular flexibility index (Phi) is 5.40. The lowest BCUT2D eigenvalue weighted by molar-refractivity contribution is -0.120. The van der Waals surface area contributed by atoms with Crippen molar-refractivity contribution in [3.05, 3.63) is 70.2 Å². The Morgan fingerprint density at radius 1 is 1.12 bits per heavy atom. The number of benzene rings is 1. The molecule has 0 aliphatic heterocycles. The highest BCUT2D eigenvalue weighted by Gasteiger charge is 2.13. The third-order valence-corrected chi connectivity index (χ3v) is 5.74. The van der Waals surface area contributed by atoms with E-state index < -0.39 is 6.10 Å². The zero-order chi connectivity index (χ0) is 16.9. The SMILES string of the molecule is O=C(Cc1ccc(F)cc1)NCC(O)c1ccc(-c2cccs2)s1. The molecule has 2 heterocycles. The van der Waals surface area contributed by atoms with Crippen LogP contribution in [-0.2, 0) is 11.2 Å². The fraction of sp³-hybridized carbons (Fsp3) is 0.167. The van der Waals surface area contributed by atoms with Gasteiger partial charge in [-0.15, -0.1) is 22.7 Å². The first-order chi connectivity index (χ1) is 11.6. The van der Waals surface area contributed by atoms with Gasteiger partial charge in [0.1, 0.15) is 11.9 Å². The van der Waals surface area contributed by atoms with Crippen LogP contribution in [0.15, 0.2) is 53.9 Å². The number of aliphatic hydroxyl groups excluding tert-OH is 1. The van der Waals surface area contributed by atoms with Crippen LogP contribution < -0.4 is 5.32 Å². The number of aliphatic hydroxyl groups is 1. The van der Waals surface area contributed by atoms with E-state index in [0.29, 0.717) is 0 Å². The van der Waals surface area contributed by atoms with E-state index in [0.717, 1.165) is 15.3 Å². The third kappa shape index (κ3) is 4.29. The molecule has 6 heteroatoms. The monoisotopic (exact) mass is 361 g/mol. The maximum absolute atomic E-state index is 12.8. The number of halogens is 1. The molecule has 0 aliphatic carbocycles. The molecule has 2 N–H and O–H groups in total. The lowest BCUT2D eigenvalue weighted by Crippen LogP contribution is -2.29. The molecule has 0 aliphatic rings. The molecule has 0 saturated carbocycles. The molecule has 0 saturated heterocycles. The summed E-state index contributed by atoms with van der Waals surface area (Å²) >= 11 is 3.18. The third-order valence-electron chi connectivity index (χ3n) is 3.49. The highest BCUT2D eigenvalue weighted by atomic mass is 32.1. The Labute approximate surface area is 147 Å². The summed E-state index contributed by atoms with van der Waals surface area (Å²) in [5, 5.41) is 15.0. The molecule has 0 fully saturated rings. The zero-order valence-corrected chi connectivity index (χ0v) is 14.4. The molecular formula is C18H16FNO2S2. The van der Waals surface area contributed by atoms with Gasteiger partial charge in [0.05, 0.1) is 6.42 Å². The van der Waals surface area contributed by atoms with Crippen LogP contribution in [0.3, 0.4) is 0 Å². The molecule has 124 valence electrons. The minimum Gasteiger partial charge on any atom is -0.386 e. The van der Waals surface area contributed by atoms with Crippen LogP contribution in [0.2, 0.25) is 0 Å². The van der Waals surface area contributed by atoms with Crippen molar-refractivity contribution in [2.45, 2.75) is 12.5 Å². The molecule has 1 unspecified atom stereocenters. The van der Waals surface area contributed by atoms with Gasteiger partial charge in [-0.3, -0.25) is 4.79 Å². The number of thiophene rings is 2. The van der Waals surface area contributed by atoms with Crippen LogP contribution in [0, 0.1) is 5.82 Å². The highest BCUT2D eigenvalue weighted by molar-refractivity contribution is 7.21. The topological polar surface area (TPSA) is 49.3 Å². The van der Waals surface area contributed by atoms with E-state index in [-0.39, 0.29) is 24.7 Å². The molecule has 2 aromatic heterocycles. The summed E-state index contributed by atoms with van der Waals surface area (Å²) < 4.78 is 12.8. The molecule has 3 aromatic rings. The predicted molar refractivity (Wildman–Crippen MR) is 95.7 cm³/mol. The van der Waals surface area contributed by atoms with Gasteiger partial charge in [-0.25, -0.2) is 4.39 Å². The van der Waals surface area contributed by atoms with E-state index in [4.69, 9.17) is 0 Å². The molecule has 1 atom stereocenters. The summed E-state index contributed by atoms with van der Waals surface area (Å²) in [5.41, 5.74) is 0.736. The lowest BCUT2D eigenvalue weighted by atomic mass is 10.1. The van der Waals surface area contributed by atoms with Gasteiger partial charge in [-0.05, 0) is 41.3 Å². The number of amides is 1. The van der Waals surface area contributed by atoms with Crippen LogP contribution >= 0.6 is 22.7 Å². The number of carbonyl (C=O) groups is 1. The van der Waals surface area contributed by atoms with Crippen LogP contribution in [0.4, 0.5) is 4.39 Å². The number of hydrogen-bond donors (Lipinski definition) is 2. The van der Waals surface area contributed by atoms with Gasteiger partial charge in [-0.1, -0.05) is 18.2 Å². The maximum Gasteiger partial charge on any atom is 0.224 e. The van der Waals surface area contributed by atoms with Gasteiger partial charge >= 0.3 is 0 Å². The summed E-state index contributed by atoms with van der Waals surface area (Å²) in [6.45, 7) is 0.157.